The van der Waals surface area contributed by atoms with E-state index >= 15 is 0 Å². The second kappa shape index (κ2) is 10.2. The van der Waals surface area contributed by atoms with Crippen LogP contribution >= 0.6 is 0 Å². The molecule has 2 aromatic carbocycles. The van der Waals surface area contributed by atoms with Crippen LogP contribution in [0, 0.1) is 0 Å². The summed E-state index contributed by atoms with van der Waals surface area (Å²) in [5, 5.41) is 24.1. The maximum atomic E-state index is 13.5. The fourth-order valence-electron chi connectivity index (χ4n) is 4.90. The fraction of sp³-hybridized carbons (Fsp3) is 0.296. The summed E-state index contributed by atoms with van der Waals surface area (Å²) in [7, 11) is 0. The normalized spacial score (nSPS) is 14.6. The van der Waals surface area contributed by atoms with Crippen LogP contribution in [0.4, 0.5) is 0 Å². The minimum absolute atomic E-state index is 0.218. The second-order valence-electron chi connectivity index (χ2n) is 8.98. The number of aliphatic carboxylic acids is 1. The summed E-state index contributed by atoms with van der Waals surface area (Å²) in [5.41, 5.74) is 5.27. The molecule has 0 saturated carbocycles. The molecule has 1 aliphatic rings. The van der Waals surface area contributed by atoms with Crippen LogP contribution in [0.5, 0.6) is 0 Å². The SMILES string of the molecule is CCCCCc1c(Cc2ccc(-c3ccccc3-c3nn[nH]n3)cc2)c(=O)n2n1CC=CC2C(=O)O. The molecule has 2 N–H and O–H groups in total. The van der Waals surface area contributed by atoms with E-state index in [2.05, 4.69) is 27.5 Å². The molecule has 36 heavy (non-hydrogen) atoms. The summed E-state index contributed by atoms with van der Waals surface area (Å²) in [6.45, 7) is 2.65. The molecule has 0 fully saturated rings. The zero-order valence-corrected chi connectivity index (χ0v) is 20.1. The van der Waals surface area contributed by atoms with Gasteiger partial charge in [-0.25, -0.2) is 9.48 Å². The number of aromatic amines is 1. The number of unbranched alkanes of at least 4 members (excludes halogenated alkanes) is 2. The van der Waals surface area contributed by atoms with Crippen molar-refractivity contribution in [1.29, 1.82) is 0 Å². The number of hydrogen-bond acceptors (Lipinski definition) is 5. The van der Waals surface area contributed by atoms with E-state index in [9.17, 15) is 14.7 Å². The van der Waals surface area contributed by atoms with Gasteiger partial charge in [0.25, 0.3) is 5.56 Å². The predicted octanol–water partition coefficient (Wildman–Crippen LogP) is 4.02. The van der Waals surface area contributed by atoms with Crippen LogP contribution in [-0.2, 0) is 24.2 Å². The van der Waals surface area contributed by atoms with Gasteiger partial charge in [0, 0.05) is 23.2 Å². The summed E-state index contributed by atoms with van der Waals surface area (Å²) in [6, 6.07) is 15.0. The van der Waals surface area contributed by atoms with Gasteiger partial charge in [-0.2, -0.15) is 5.21 Å². The number of H-pyrrole nitrogens is 1. The zero-order chi connectivity index (χ0) is 25.1. The van der Waals surface area contributed by atoms with Gasteiger partial charge in [0.1, 0.15) is 0 Å². The molecule has 1 atom stereocenters. The largest absolute Gasteiger partial charge is 0.479 e. The number of allylic oxidation sites excluding steroid dienone is 1. The van der Waals surface area contributed by atoms with Crippen LogP contribution in [0.2, 0.25) is 0 Å². The lowest BCUT2D eigenvalue weighted by molar-refractivity contribution is -0.140. The Kier molecular flexibility index (Phi) is 6.62. The van der Waals surface area contributed by atoms with E-state index < -0.39 is 12.0 Å². The average Bonchev–Trinajstić information content (AvgIpc) is 3.53. The minimum Gasteiger partial charge on any atom is -0.479 e. The van der Waals surface area contributed by atoms with Gasteiger partial charge in [-0.15, -0.1) is 10.2 Å². The number of aromatic nitrogens is 6. The van der Waals surface area contributed by atoms with E-state index in [1.165, 1.54) is 4.68 Å². The first kappa shape index (κ1) is 23.5. The molecule has 4 aromatic rings. The highest BCUT2D eigenvalue weighted by Crippen LogP contribution is 2.30. The van der Waals surface area contributed by atoms with Gasteiger partial charge < -0.3 is 5.11 Å². The molecule has 5 rings (SSSR count). The third-order valence-corrected chi connectivity index (χ3v) is 6.68. The Morgan fingerprint density at radius 2 is 1.89 bits per heavy atom. The molecular weight excluding hydrogens is 456 g/mol. The molecule has 0 aliphatic carbocycles. The van der Waals surface area contributed by atoms with Crippen molar-refractivity contribution in [1.82, 2.24) is 30.0 Å². The van der Waals surface area contributed by atoms with Crippen molar-refractivity contribution >= 4 is 5.97 Å². The Labute approximate surface area is 208 Å². The van der Waals surface area contributed by atoms with Crippen molar-refractivity contribution in [3.8, 4) is 22.5 Å². The van der Waals surface area contributed by atoms with Crippen LogP contribution in [0.15, 0.2) is 65.5 Å². The lowest BCUT2D eigenvalue weighted by Crippen LogP contribution is -2.34. The monoisotopic (exact) mass is 484 g/mol. The van der Waals surface area contributed by atoms with E-state index in [1.807, 2.05) is 59.3 Å². The molecule has 1 unspecified atom stereocenters. The van der Waals surface area contributed by atoms with Crippen molar-refractivity contribution in [2.24, 2.45) is 0 Å². The first-order valence-electron chi connectivity index (χ1n) is 12.2. The fourth-order valence-corrected chi connectivity index (χ4v) is 4.90. The standard InChI is InChI=1S/C27H28N6O3/c1-2-3-4-10-23-22(26(34)33-24(27(35)36)11-7-16-32(23)33)17-18-12-14-19(15-13-18)20-8-5-6-9-21(20)25-28-30-31-29-25/h5-9,11-15,24H,2-4,10,16-17H2,1H3,(H,35,36)(H,28,29,30,31). The van der Waals surface area contributed by atoms with E-state index in [-0.39, 0.29) is 5.56 Å². The van der Waals surface area contributed by atoms with Crippen LogP contribution in [0.3, 0.4) is 0 Å². The van der Waals surface area contributed by atoms with E-state index in [0.717, 1.165) is 53.6 Å². The summed E-state index contributed by atoms with van der Waals surface area (Å²) >= 11 is 0. The molecule has 0 radical (unpaired) electrons. The molecule has 2 aromatic heterocycles. The summed E-state index contributed by atoms with van der Waals surface area (Å²) in [6.07, 6.45) is 7.73. The van der Waals surface area contributed by atoms with Gasteiger partial charge in [0.05, 0.1) is 6.54 Å². The molecule has 0 saturated heterocycles. The maximum absolute atomic E-state index is 13.5. The lowest BCUT2D eigenvalue weighted by atomic mass is 9.96. The molecule has 0 amide bonds. The number of carboxylic acid groups (broad SMARTS) is 1. The molecule has 0 bridgehead atoms. The Bertz CT molecular complexity index is 1450. The van der Waals surface area contributed by atoms with Gasteiger partial charge in [0.2, 0.25) is 5.82 Å². The van der Waals surface area contributed by atoms with E-state index in [1.54, 1.807) is 6.08 Å². The summed E-state index contributed by atoms with van der Waals surface area (Å²) < 4.78 is 3.27. The number of fused-ring (bicyclic) bond motifs is 1. The zero-order valence-electron chi connectivity index (χ0n) is 20.1. The number of nitrogens with one attached hydrogen (secondary N) is 1. The molecule has 1 aliphatic heterocycles. The van der Waals surface area contributed by atoms with Crippen molar-refractivity contribution in [2.45, 2.75) is 51.6 Å². The van der Waals surface area contributed by atoms with Gasteiger partial charge in [-0.05, 0) is 34.7 Å². The van der Waals surface area contributed by atoms with Gasteiger partial charge >= 0.3 is 5.97 Å². The number of tetrazole rings is 1. The highest BCUT2D eigenvalue weighted by molar-refractivity contribution is 5.80. The topological polar surface area (TPSA) is 119 Å². The van der Waals surface area contributed by atoms with Crippen LogP contribution in [0.25, 0.3) is 22.5 Å². The van der Waals surface area contributed by atoms with Gasteiger partial charge in [-0.1, -0.05) is 80.4 Å². The highest BCUT2D eigenvalue weighted by Gasteiger charge is 2.29. The van der Waals surface area contributed by atoms with Gasteiger partial charge in [0.15, 0.2) is 6.04 Å². The third kappa shape index (κ3) is 4.39. The third-order valence-electron chi connectivity index (χ3n) is 6.68. The van der Waals surface area contributed by atoms with Crippen LogP contribution in [-0.4, -0.2) is 41.1 Å². The van der Waals surface area contributed by atoms with Crippen LogP contribution < -0.4 is 5.56 Å². The molecule has 3 heterocycles. The molecule has 9 nitrogen and oxygen atoms in total. The quantitative estimate of drug-likeness (QED) is 0.274. The molecule has 184 valence electrons. The first-order chi connectivity index (χ1) is 17.6. The Morgan fingerprint density at radius 1 is 1.11 bits per heavy atom. The van der Waals surface area contributed by atoms with Crippen molar-refractivity contribution in [2.75, 3.05) is 0 Å². The summed E-state index contributed by atoms with van der Waals surface area (Å²) in [5.74, 6) is -0.497. The Morgan fingerprint density at radius 3 is 2.58 bits per heavy atom. The number of carboxylic acids is 1. The van der Waals surface area contributed by atoms with E-state index in [0.29, 0.717) is 24.4 Å². The van der Waals surface area contributed by atoms with Crippen molar-refractivity contribution < 1.29 is 9.90 Å². The van der Waals surface area contributed by atoms with Crippen molar-refractivity contribution in [3.63, 3.8) is 0 Å². The number of carbonyl (C=O) groups is 1. The summed E-state index contributed by atoms with van der Waals surface area (Å²) in [4.78, 5) is 25.3. The number of nitrogens with zero attached hydrogens (tertiary/aromatic N) is 5. The van der Waals surface area contributed by atoms with Crippen LogP contribution in [0.1, 0.15) is 49.0 Å². The Balaban J connectivity index is 1.48. The minimum atomic E-state index is -1.02. The second-order valence-corrected chi connectivity index (χ2v) is 8.98. The average molecular weight is 485 g/mol. The highest BCUT2D eigenvalue weighted by atomic mass is 16.4. The predicted molar refractivity (Wildman–Crippen MR) is 136 cm³/mol. The first-order valence-corrected chi connectivity index (χ1v) is 12.2. The molecule has 0 spiro atoms. The molecular formula is C27H28N6O3. The number of rotatable bonds is 9. The lowest BCUT2D eigenvalue weighted by Gasteiger charge is -2.21. The number of benzene rings is 2. The van der Waals surface area contributed by atoms with Crippen molar-refractivity contribution in [3.05, 3.63) is 87.9 Å². The Hall–Kier alpha value is -4.27. The maximum Gasteiger partial charge on any atom is 0.332 e. The number of hydrogen-bond donors (Lipinski definition) is 2. The van der Waals surface area contributed by atoms with E-state index in [4.69, 9.17) is 0 Å². The van der Waals surface area contributed by atoms with Gasteiger partial charge in [-0.3, -0.25) is 9.48 Å². The smallest absolute Gasteiger partial charge is 0.332 e. The molecule has 9 heteroatoms.